The fourth-order valence-electron chi connectivity index (χ4n) is 3.27. The number of thioether (sulfide) groups is 1. The van der Waals surface area contributed by atoms with Crippen LogP contribution in [0.2, 0.25) is 5.02 Å². The molecule has 0 bridgehead atoms. The molecule has 0 saturated carbocycles. The van der Waals surface area contributed by atoms with E-state index in [1.807, 2.05) is 67.9 Å². The first-order valence-corrected chi connectivity index (χ1v) is 11.2. The quantitative estimate of drug-likeness (QED) is 0.326. The number of hydrogen-bond donors (Lipinski definition) is 2. The first-order chi connectivity index (χ1) is 15.3. The van der Waals surface area contributed by atoms with Crippen LogP contribution in [0, 0.1) is 20.8 Å². The highest BCUT2D eigenvalue weighted by atomic mass is 35.5. The second kappa shape index (κ2) is 9.05. The van der Waals surface area contributed by atoms with Crippen molar-refractivity contribution in [3.8, 4) is 17.1 Å². The summed E-state index contributed by atoms with van der Waals surface area (Å²) in [7, 11) is 0. The first-order valence-electron chi connectivity index (χ1n) is 9.86. The van der Waals surface area contributed by atoms with Crippen molar-refractivity contribution in [2.24, 2.45) is 0 Å². The summed E-state index contributed by atoms with van der Waals surface area (Å²) in [4.78, 5) is 12.6. The third-order valence-corrected chi connectivity index (χ3v) is 6.22. The Labute approximate surface area is 194 Å². The molecule has 4 aromatic rings. The SMILES string of the molecule is Cc1ccc(-n2nc(C)c(NC(=O)CSc3nnc(-c4ccccc4Cl)n3N)c2C)cc1. The predicted octanol–water partition coefficient (Wildman–Crippen LogP) is 4.15. The van der Waals surface area contributed by atoms with E-state index in [4.69, 9.17) is 17.4 Å². The van der Waals surface area contributed by atoms with E-state index in [1.165, 1.54) is 22.0 Å². The van der Waals surface area contributed by atoms with Gasteiger partial charge in [-0.15, -0.1) is 10.2 Å². The minimum atomic E-state index is -0.188. The Morgan fingerprint density at radius 1 is 1.09 bits per heavy atom. The number of nitrogens with one attached hydrogen (secondary N) is 1. The maximum Gasteiger partial charge on any atom is 0.234 e. The largest absolute Gasteiger partial charge is 0.335 e. The molecular weight excluding hydrogens is 446 g/mol. The molecule has 164 valence electrons. The summed E-state index contributed by atoms with van der Waals surface area (Å²) in [5, 5.41) is 16.7. The highest BCUT2D eigenvalue weighted by Crippen LogP contribution is 2.28. The third kappa shape index (κ3) is 4.35. The van der Waals surface area contributed by atoms with Gasteiger partial charge in [0.05, 0.1) is 33.5 Å². The summed E-state index contributed by atoms with van der Waals surface area (Å²) in [6.07, 6.45) is 0. The summed E-state index contributed by atoms with van der Waals surface area (Å²) < 4.78 is 3.16. The number of aryl methyl sites for hydroxylation is 2. The number of carbonyl (C=O) groups is 1. The van der Waals surface area contributed by atoms with Gasteiger partial charge in [0.25, 0.3) is 0 Å². The molecule has 1 amide bonds. The predicted molar refractivity (Wildman–Crippen MR) is 128 cm³/mol. The van der Waals surface area contributed by atoms with Crippen LogP contribution in [0.15, 0.2) is 53.7 Å². The van der Waals surface area contributed by atoms with Crippen LogP contribution in [-0.4, -0.2) is 36.3 Å². The molecule has 0 aliphatic rings. The number of nitrogen functional groups attached to an aromatic ring is 1. The Kier molecular flexibility index (Phi) is 6.20. The van der Waals surface area contributed by atoms with Crippen LogP contribution in [0.4, 0.5) is 5.69 Å². The molecule has 0 fully saturated rings. The Morgan fingerprint density at radius 2 is 1.81 bits per heavy atom. The molecule has 0 aliphatic heterocycles. The van der Waals surface area contributed by atoms with E-state index in [0.29, 0.717) is 27.3 Å². The van der Waals surface area contributed by atoms with E-state index >= 15 is 0 Å². The van der Waals surface area contributed by atoms with Crippen LogP contribution < -0.4 is 11.2 Å². The van der Waals surface area contributed by atoms with Crippen molar-refractivity contribution in [3.63, 3.8) is 0 Å². The van der Waals surface area contributed by atoms with Crippen molar-refractivity contribution in [3.05, 3.63) is 70.5 Å². The standard InChI is InChI=1S/C22H22ClN7OS/c1-13-8-10-16(11-9-13)30-15(3)20(14(2)28-30)25-19(31)12-32-22-27-26-21(29(22)24)17-6-4-5-7-18(17)23/h4-11H,12,24H2,1-3H3,(H,25,31). The van der Waals surface area contributed by atoms with Crippen molar-refractivity contribution in [1.82, 2.24) is 24.7 Å². The number of nitrogens with two attached hydrogens (primary N) is 1. The molecule has 0 unspecified atom stereocenters. The zero-order chi connectivity index (χ0) is 22.8. The second-order valence-electron chi connectivity index (χ2n) is 7.29. The van der Waals surface area contributed by atoms with Crippen LogP contribution in [0.25, 0.3) is 17.1 Å². The van der Waals surface area contributed by atoms with E-state index in [-0.39, 0.29) is 11.7 Å². The number of amides is 1. The zero-order valence-corrected chi connectivity index (χ0v) is 19.4. The van der Waals surface area contributed by atoms with Gasteiger partial charge in [0.2, 0.25) is 11.1 Å². The molecule has 0 spiro atoms. The number of halogens is 1. The minimum Gasteiger partial charge on any atom is -0.335 e. The van der Waals surface area contributed by atoms with Crippen molar-refractivity contribution in [2.75, 3.05) is 16.9 Å². The monoisotopic (exact) mass is 467 g/mol. The molecule has 2 aromatic heterocycles. The van der Waals surface area contributed by atoms with E-state index in [0.717, 1.165) is 17.1 Å². The average Bonchev–Trinajstić information content (AvgIpc) is 3.27. The lowest BCUT2D eigenvalue weighted by Crippen LogP contribution is -2.17. The summed E-state index contributed by atoms with van der Waals surface area (Å²) in [6.45, 7) is 5.83. The van der Waals surface area contributed by atoms with Gasteiger partial charge in [0, 0.05) is 5.56 Å². The summed E-state index contributed by atoms with van der Waals surface area (Å²) in [6, 6.07) is 15.3. The zero-order valence-electron chi connectivity index (χ0n) is 17.8. The van der Waals surface area contributed by atoms with Gasteiger partial charge in [-0.2, -0.15) is 5.10 Å². The van der Waals surface area contributed by atoms with E-state index < -0.39 is 0 Å². The molecule has 2 aromatic carbocycles. The van der Waals surface area contributed by atoms with Gasteiger partial charge in [-0.1, -0.05) is 53.2 Å². The Balaban J connectivity index is 1.45. The highest BCUT2D eigenvalue weighted by molar-refractivity contribution is 7.99. The molecular formula is C22H22ClN7OS. The van der Waals surface area contributed by atoms with Crippen LogP contribution >= 0.6 is 23.4 Å². The van der Waals surface area contributed by atoms with Crippen LogP contribution in [0.5, 0.6) is 0 Å². The third-order valence-electron chi connectivity index (χ3n) is 4.95. The molecule has 32 heavy (non-hydrogen) atoms. The number of rotatable bonds is 6. The van der Waals surface area contributed by atoms with Crippen molar-refractivity contribution in [1.29, 1.82) is 0 Å². The number of anilines is 1. The van der Waals surface area contributed by atoms with Gasteiger partial charge < -0.3 is 11.2 Å². The van der Waals surface area contributed by atoms with Gasteiger partial charge in [0.1, 0.15) is 0 Å². The normalized spacial score (nSPS) is 11.0. The topological polar surface area (TPSA) is 104 Å². The summed E-state index contributed by atoms with van der Waals surface area (Å²) >= 11 is 7.42. The van der Waals surface area contributed by atoms with E-state index in [9.17, 15) is 4.79 Å². The lowest BCUT2D eigenvalue weighted by atomic mass is 10.2. The Morgan fingerprint density at radius 3 is 2.53 bits per heavy atom. The molecule has 8 nitrogen and oxygen atoms in total. The fraction of sp³-hybridized carbons (Fsp3) is 0.182. The maximum atomic E-state index is 12.6. The van der Waals surface area contributed by atoms with Gasteiger partial charge in [-0.3, -0.25) is 4.79 Å². The summed E-state index contributed by atoms with van der Waals surface area (Å²) in [5.74, 6) is 6.50. The van der Waals surface area contributed by atoms with Gasteiger partial charge in [0.15, 0.2) is 5.82 Å². The molecule has 0 aliphatic carbocycles. The van der Waals surface area contributed by atoms with E-state index in [2.05, 4.69) is 20.6 Å². The van der Waals surface area contributed by atoms with Gasteiger partial charge in [-0.05, 0) is 45.0 Å². The van der Waals surface area contributed by atoms with Crippen LogP contribution in [-0.2, 0) is 4.79 Å². The number of nitrogens with zero attached hydrogens (tertiary/aromatic N) is 5. The molecule has 0 radical (unpaired) electrons. The summed E-state index contributed by atoms with van der Waals surface area (Å²) in [5.41, 5.74) is 5.08. The first kappa shape index (κ1) is 21.9. The van der Waals surface area contributed by atoms with Gasteiger partial charge in [-0.25, -0.2) is 9.36 Å². The highest BCUT2D eigenvalue weighted by Gasteiger charge is 2.18. The van der Waals surface area contributed by atoms with Crippen molar-refractivity contribution in [2.45, 2.75) is 25.9 Å². The molecule has 3 N–H and O–H groups in total. The molecule has 10 heteroatoms. The molecule has 2 heterocycles. The van der Waals surface area contributed by atoms with Crippen LogP contribution in [0.3, 0.4) is 0 Å². The van der Waals surface area contributed by atoms with Crippen molar-refractivity contribution < 1.29 is 4.79 Å². The van der Waals surface area contributed by atoms with Crippen LogP contribution in [0.1, 0.15) is 17.0 Å². The average molecular weight is 468 g/mol. The Hall–Kier alpha value is -3.30. The molecule has 0 saturated heterocycles. The molecule has 0 atom stereocenters. The van der Waals surface area contributed by atoms with E-state index in [1.54, 1.807) is 6.07 Å². The van der Waals surface area contributed by atoms with Crippen molar-refractivity contribution >= 4 is 35.0 Å². The number of benzene rings is 2. The second-order valence-corrected chi connectivity index (χ2v) is 8.64. The van der Waals surface area contributed by atoms with Gasteiger partial charge >= 0.3 is 0 Å². The number of hydrogen-bond acceptors (Lipinski definition) is 6. The minimum absolute atomic E-state index is 0.118. The molecule has 4 rings (SSSR count). The fourth-order valence-corrected chi connectivity index (χ4v) is 4.14. The smallest absolute Gasteiger partial charge is 0.234 e. The Bertz CT molecular complexity index is 1280. The lowest BCUT2D eigenvalue weighted by molar-refractivity contribution is -0.113. The number of carbonyl (C=O) groups excluding carboxylic acids is 1. The lowest BCUT2D eigenvalue weighted by Gasteiger charge is -2.08. The maximum absolute atomic E-state index is 12.6. The number of aromatic nitrogens is 5.